The third-order valence-corrected chi connectivity index (χ3v) is 5.40. The summed E-state index contributed by atoms with van der Waals surface area (Å²) in [6.07, 6.45) is 3.18. The molecule has 2 heterocycles. The van der Waals surface area contributed by atoms with Crippen molar-refractivity contribution in [2.24, 2.45) is 5.92 Å². The van der Waals surface area contributed by atoms with Gasteiger partial charge in [0.25, 0.3) is 5.91 Å². The van der Waals surface area contributed by atoms with Crippen LogP contribution >= 0.6 is 23.2 Å². The second-order valence-electron chi connectivity index (χ2n) is 6.96. The zero-order chi connectivity index (χ0) is 19.6. The number of amides is 2. The van der Waals surface area contributed by atoms with Crippen LogP contribution in [-0.4, -0.2) is 39.6 Å². The molecule has 1 aromatic heterocycles. The molecule has 1 aromatic carbocycles. The van der Waals surface area contributed by atoms with Gasteiger partial charge in [0, 0.05) is 30.8 Å². The van der Waals surface area contributed by atoms with Crippen LogP contribution in [0, 0.1) is 5.92 Å². The highest BCUT2D eigenvalue weighted by Gasteiger charge is 2.29. The number of rotatable bonds is 4. The Morgan fingerprint density at radius 3 is 2.70 bits per heavy atom. The van der Waals surface area contributed by atoms with Gasteiger partial charge in [0.15, 0.2) is 0 Å². The van der Waals surface area contributed by atoms with Crippen LogP contribution < -0.4 is 5.32 Å². The first-order valence-electron chi connectivity index (χ1n) is 8.95. The first-order chi connectivity index (χ1) is 12.9. The fourth-order valence-electron chi connectivity index (χ4n) is 3.24. The third-order valence-electron chi connectivity index (χ3n) is 4.66. The number of carbonyl (C=O) groups excluding carboxylic acids is 2. The lowest BCUT2D eigenvalue weighted by Crippen LogP contribution is -2.44. The van der Waals surface area contributed by atoms with Gasteiger partial charge in [-0.15, -0.1) is 0 Å². The summed E-state index contributed by atoms with van der Waals surface area (Å²) in [5.41, 5.74) is 0.475. The normalized spacial score (nSPS) is 17.2. The van der Waals surface area contributed by atoms with E-state index in [1.165, 1.54) is 0 Å². The van der Waals surface area contributed by atoms with E-state index < -0.39 is 0 Å². The highest BCUT2D eigenvalue weighted by atomic mass is 35.5. The van der Waals surface area contributed by atoms with Gasteiger partial charge in [-0.3, -0.25) is 9.59 Å². The number of nitrogens with zero attached hydrogens (tertiary/aromatic N) is 3. The number of piperidine rings is 1. The van der Waals surface area contributed by atoms with Crippen LogP contribution in [0.2, 0.25) is 10.0 Å². The van der Waals surface area contributed by atoms with Crippen molar-refractivity contribution in [2.45, 2.75) is 32.7 Å². The van der Waals surface area contributed by atoms with E-state index >= 15 is 0 Å². The lowest BCUT2D eigenvalue weighted by Gasteiger charge is -2.32. The summed E-state index contributed by atoms with van der Waals surface area (Å²) in [4.78, 5) is 27.2. The number of nitrogens with one attached hydrogen (secondary N) is 1. The van der Waals surface area contributed by atoms with Gasteiger partial charge in [-0.05, 0) is 44.9 Å². The molecule has 27 heavy (non-hydrogen) atoms. The summed E-state index contributed by atoms with van der Waals surface area (Å²) >= 11 is 11.9. The zero-order valence-electron chi connectivity index (χ0n) is 15.3. The lowest BCUT2D eigenvalue weighted by molar-refractivity contribution is -0.121. The molecule has 8 heteroatoms. The number of likely N-dealkylation sites (tertiary alicyclic amines) is 1. The average Bonchev–Trinajstić information content (AvgIpc) is 3.12. The van der Waals surface area contributed by atoms with Gasteiger partial charge in [-0.25, -0.2) is 4.68 Å². The smallest absolute Gasteiger partial charge is 0.253 e. The van der Waals surface area contributed by atoms with Crippen LogP contribution in [0.15, 0.2) is 30.5 Å². The van der Waals surface area contributed by atoms with E-state index in [9.17, 15) is 9.59 Å². The monoisotopic (exact) mass is 408 g/mol. The molecule has 0 unspecified atom stereocenters. The first kappa shape index (κ1) is 19.7. The molecule has 0 radical (unpaired) electrons. The summed E-state index contributed by atoms with van der Waals surface area (Å²) < 4.78 is 1.76. The van der Waals surface area contributed by atoms with Gasteiger partial charge < -0.3 is 10.2 Å². The van der Waals surface area contributed by atoms with Gasteiger partial charge in [-0.1, -0.05) is 23.2 Å². The minimum atomic E-state index is -0.263. The number of carbonyl (C=O) groups is 2. The maximum atomic E-state index is 12.8. The van der Waals surface area contributed by atoms with Crippen LogP contribution in [0.5, 0.6) is 0 Å². The molecule has 1 aliphatic rings. The van der Waals surface area contributed by atoms with E-state index in [-0.39, 0.29) is 23.8 Å². The molecular weight excluding hydrogens is 387 g/mol. The highest BCUT2D eigenvalue weighted by Crippen LogP contribution is 2.25. The number of anilines is 1. The molecule has 1 saturated heterocycles. The number of aromatic nitrogens is 2. The van der Waals surface area contributed by atoms with Crippen molar-refractivity contribution in [2.75, 3.05) is 18.4 Å². The minimum absolute atomic E-state index is 0.0935. The van der Waals surface area contributed by atoms with Crippen LogP contribution in [-0.2, 0) is 4.79 Å². The average molecular weight is 409 g/mol. The molecule has 2 amide bonds. The molecule has 1 N–H and O–H groups in total. The topological polar surface area (TPSA) is 67.2 Å². The summed E-state index contributed by atoms with van der Waals surface area (Å²) in [6.45, 7) is 5.00. The molecule has 0 aliphatic carbocycles. The van der Waals surface area contributed by atoms with Crippen LogP contribution in [0.4, 0.5) is 5.82 Å². The van der Waals surface area contributed by atoms with E-state index in [1.807, 2.05) is 13.8 Å². The molecule has 144 valence electrons. The summed E-state index contributed by atoms with van der Waals surface area (Å²) in [6, 6.07) is 6.75. The SMILES string of the molecule is CC(C)n1nccc1NC(=O)[C@H]1CCCN(C(=O)c2ccc(Cl)c(Cl)c2)C1. The number of hydrogen-bond donors (Lipinski definition) is 1. The quantitative estimate of drug-likeness (QED) is 0.821. The second-order valence-corrected chi connectivity index (χ2v) is 7.78. The molecule has 0 spiro atoms. The summed E-state index contributed by atoms with van der Waals surface area (Å²) in [5.74, 6) is 0.172. The van der Waals surface area contributed by atoms with Crippen LogP contribution in [0.25, 0.3) is 0 Å². The predicted octanol–water partition coefficient (Wildman–Crippen LogP) is 4.26. The predicted molar refractivity (Wildman–Crippen MR) is 106 cm³/mol. The van der Waals surface area contributed by atoms with E-state index in [0.717, 1.165) is 12.8 Å². The lowest BCUT2D eigenvalue weighted by atomic mass is 9.96. The molecule has 1 aliphatic heterocycles. The first-order valence-corrected chi connectivity index (χ1v) is 9.71. The Labute approximate surface area is 168 Å². The van der Waals surface area contributed by atoms with Gasteiger partial charge in [0.1, 0.15) is 5.82 Å². The van der Waals surface area contributed by atoms with E-state index in [4.69, 9.17) is 23.2 Å². The van der Waals surface area contributed by atoms with Crippen molar-refractivity contribution in [3.63, 3.8) is 0 Å². The minimum Gasteiger partial charge on any atom is -0.338 e. The van der Waals surface area contributed by atoms with Crippen molar-refractivity contribution in [1.82, 2.24) is 14.7 Å². The Hall–Kier alpha value is -2.05. The summed E-state index contributed by atoms with van der Waals surface area (Å²) in [7, 11) is 0. The maximum Gasteiger partial charge on any atom is 0.253 e. The molecule has 3 rings (SSSR count). The van der Waals surface area contributed by atoms with Crippen LogP contribution in [0.1, 0.15) is 43.1 Å². The third kappa shape index (κ3) is 4.45. The van der Waals surface area contributed by atoms with Crippen molar-refractivity contribution >= 4 is 40.8 Å². The van der Waals surface area contributed by atoms with E-state index in [1.54, 1.807) is 40.0 Å². The molecule has 0 saturated carbocycles. The summed E-state index contributed by atoms with van der Waals surface area (Å²) in [5, 5.41) is 7.92. The maximum absolute atomic E-state index is 12.8. The standard InChI is InChI=1S/C19H22Cl2N4O2/c1-12(2)25-17(7-8-22-25)23-18(26)14-4-3-9-24(11-14)19(27)13-5-6-15(20)16(21)10-13/h5-8,10,12,14H,3-4,9,11H2,1-2H3,(H,23,26)/t14-/m0/s1. The second kappa shape index (κ2) is 8.31. The number of halogens is 2. The van der Waals surface area contributed by atoms with Crippen molar-refractivity contribution in [3.8, 4) is 0 Å². The fourth-order valence-corrected chi connectivity index (χ4v) is 3.54. The number of hydrogen-bond acceptors (Lipinski definition) is 3. The Morgan fingerprint density at radius 1 is 1.22 bits per heavy atom. The molecule has 6 nitrogen and oxygen atoms in total. The molecule has 0 bridgehead atoms. The van der Waals surface area contributed by atoms with E-state index in [0.29, 0.717) is 34.5 Å². The highest BCUT2D eigenvalue weighted by molar-refractivity contribution is 6.42. The van der Waals surface area contributed by atoms with Crippen molar-refractivity contribution in [1.29, 1.82) is 0 Å². The van der Waals surface area contributed by atoms with Gasteiger partial charge in [0.2, 0.25) is 5.91 Å². The Balaban J connectivity index is 1.68. The van der Waals surface area contributed by atoms with Crippen LogP contribution in [0.3, 0.4) is 0 Å². The van der Waals surface area contributed by atoms with Gasteiger partial charge in [0.05, 0.1) is 22.2 Å². The van der Waals surface area contributed by atoms with Gasteiger partial charge in [-0.2, -0.15) is 5.10 Å². The molecular formula is C19H22Cl2N4O2. The zero-order valence-corrected chi connectivity index (χ0v) is 16.8. The Bertz CT molecular complexity index is 850. The number of benzene rings is 1. The Kier molecular flexibility index (Phi) is 6.07. The van der Waals surface area contributed by atoms with Crippen molar-refractivity contribution < 1.29 is 9.59 Å². The largest absolute Gasteiger partial charge is 0.338 e. The van der Waals surface area contributed by atoms with Crippen molar-refractivity contribution in [3.05, 3.63) is 46.1 Å². The Morgan fingerprint density at radius 2 is 2.00 bits per heavy atom. The molecule has 1 atom stereocenters. The van der Waals surface area contributed by atoms with E-state index in [2.05, 4.69) is 10.4 Å². The van der Waals surface area contributed by atoms with Gasteiger partial charge >= 0.3 is 0 Å². The fraction of sp³-hybridized carbons (Fsp3) is 0.421. The molecule has 1 fully saturated rings. The molecule has 2 aromatic rings.